The lowest BCUT2D eigenvalue weighted by atomic mass is 10.1. The monoisotopic (exact) mass is 347 g/mol. The van der Waals surface area contributed by atoms with Gasteiger partial charge in [-0.25, -0.2) is 8.42 Å². The van der Waals surface area contributed by atoms with Gasteiger partial charge in [-0.3, -0.25) is 9.08 Å². The highest BCUT2D eigenvalue weighted by molar-refractivity contribution is 7.90. The molecular formula is C14H21NO5S2. The normalized spacial score (nSPS) is 23.7. The summed E-state index contributed by atoms with van der Waals surface area (Å²) in [7, 11) is -6.81. The summed E-state index contributed by atoms with van der Waals surface area (Å²) in [6.07, 6.45) is 1.53. The number of hydrogen-bond acceptors (Lipinski definition) is 6. The molecule has 0 saturated carbocycles. The predicted molar refractivity (Wildman–Crippen MR) is 84.6 cm³/mol. The number of nitrogens with zero attached hydrogens (tertiary/aromatic N) is 1. The molecule has 2 atom stereocenters. The van der Waals surface area contributed by atoms with Crippen molar-refractivity contribution in [2.45, 2.75) is 12.6 Å². The van der Waals surface area contributed by atoms with Gasteiger partial charge >= 0.3 is 0 Å². The summed E-state index contributed by atoms with van der Waals surface area (Å²) in [5, 5.41) is 0. The van der Waals surface area contributed by atoms with Crippen molar-refractivity contribution in [3.05, 3.63) is 35.9 Å². The number of hydrogen-bond donors (Lipinski definition) is 0. The van der Waals surface area contributed by atoms with E-state index >= 15 is 0 Å². The topological polar surface area (TPSA) is 80.8 Å². The zero-order valence-electron chi connectivity index (χ0n) is 12.7. The van der Waals surface area contributed by atoms with Crippen molar-refractivity contribution in [2.24, 2.45) is 5.92 Å². The summed E-state index contributed by atoms with van der Waals surface area (Å²) >= 11 is 0. The zero-order chi connectivity index (χ0) is 16.4. The van der Waals surface area contributed by atoms with E-state index in [1.54, 1.807) is 0 Å². The summed E-state index contributed by atoms with van der Waals surface area (Å²) in [5.41, 5.74) is 1.10. The van der Waals surface area contributed by atoms with Crippen molar-refractivity contribution in [1.82, 2.24) is 4.90 Å². The lowest BCUT2D eigenvalue weighted by Crippen LogP contribution is -2.30. The third-order valence-electron chi connectivity index (χ3n) is 3.52. The fourth-order valence-electron chi connectivity index (χ4n) is 2.78. The second kappa shape index (κ2) is 6.66. The molecular weight excluding hydrogens is 326 g/mol. The van der Waals surface area contributed by atoms with Crippen LogP contribution < -0.4 is 0 Å². The van der Waals surface area contributed by atoms with Crippen LogP contribution in [0.15, 0.2) is 30.3 Å². The van der Waals surface area contributed by atoms with Gasteiger partial charge in [-0.05, 0) is 5.56 Å². The van der Waals surface area contributed by atoms with Gasteiger partial charge in [0, 0.05) is 31.8 Å². The molecule has 0 bridgehead atoms. The molecule has 1 heterocycles. The average Bonchev–Trinajstić information content (AvgIpc) is 2.67. The Morgan fingerprint density at radius 1 is 1.09 bits per heavy atom. The lowest BCUT2D eigenvalue weighted by molar-refractivity contribution is 0.183. The Hall–Kier alpha value is -0.960. The number of sulfone groups is 1. The van der Waals surface area contributed by atoms with E-state index in [1.165, 1.54) is 0 Å². The van der Waals surface area contributed by atoms with Crippen molar-refractivity contribution in [3.8, 4) is 0 Å². The van der Waals surface area contributed by atoms with E-state index < -0.39 is 26.1 Å². The summed E-state index contributed by atoms with van der Waals surface area (Å²) in [6, 6.07) is 9.76. The first-order chi connectivity index (χ1) is 10.1. The minimum atomic E-state index is -3.61. The first kappa shape index (κ1) is 17.4. The van der Waals surface area contributed by atoms with E-state index in [1.807, 2.05) is 35.2 Å². The fraction of sp³-hybridized carbons (Fsp3) is 0.571. The molecule has 1 aliphatic rings. The molecule has 0 aromatic heterocycles. The molecule has 124 valence electrons. The summed E-state index contributed by atoms with van der Waals surface area (Å²) in [5.74, 6) is -0.410. The molecule has 1 aliphatic heterocycles. The summed E-state index contributed by atoms with van der Waals surface area (Å²) < 4.78 is 50.9. The SMILES string of the molecule is CS(=O)(=O)CC1CN(Cc2ccccc2)CC1OS(C)(=O)=O. The maximum atomic E-state index is 11.5. The van der Waals surface area contributed by atoms with Crippen molar-refractivity contribution in [3.63, 3.8) is 0 Å². The molecule has 0 spiro atoms. The van der Waals surface area contributed by atoms with E-state index in [4.69, 9.17) is 4.18 Å². The number of rotatable bonds is 6. The van der Waals surface area contributed by atoms with Crippen LogP contribution >= 0.6 is 0 Å². The van der Waals surface area contributed by atoms with Gasteiger partial charge in [0.1, 0.15) is 9.84 Å². The van der Waals surface area contributed by atoms with Gasteiger partial charge in [0.25, 0.3) is 10.1 Å². The Balaban J connectivity index is 2.09. The molecule has 0 amide bonds. The standard InChI is InChI=1S/C14H21NO5S2/c1-21(16,17)11-13-9-15(8-12-6-4-3-5-7-12)10-14(13)20-22(2,18)19/h3-7,13-14H,8-11H2,1-2H3. The van der Waals surface area contributed by atoms with Gasteiger partial charge in [0.05, 0.1) is 18.1 Å². The molecule has 0 N–H and O–H groups in total. The third kappa shape index (κ3) is 5.68. The maximum Gasteiger partial charge on any atom is 0.264 e. The highest BCUT2D eigenvalue weighted by Gasteiger charge is 2.37. The summed E-state index contributed by atoms with van der Waals surface area (Å²) in [4.78, 5) is 2.03. The van der Waals surface area contributed by atoms with Crippen LogP contribution in [0.3, 0.4) is 0 Å². The Labute approximate surface area is 132 Å². The minimum Gasteiger partial charge on any atom is -0.296 e. The summed E-state index contributed by atoms with van der Waals surface area (Å²) in [6.45, 7) is 1.55. The molecule has 22 heavy (non-hydrogen) atoms. The Kier molecular flexibility index (Phi) is 5.26. The smallest absolute Gasteiger partial charge is 0.264 e. The Morgan fingerprint density at radius 2 is 1.73 bits per heavy atom. The number of benzene rings is 1. The van der Waals surface area contributed by atoms with E-state index in [9.17, 15) is 16.8 Å². The largest absolute Gasteiger partial charge is 0.296 e. The molecule has 0 radical (unpaired) electrons. The predicted octanol–water partition coefficient (Wildman–Crippen LogP) is 0.508. The van der Waals surface area contributed by atoms with Crippen molar-refractivity contribution in [1.29, 1.82) is 0 Å². The highest BCUT2D eigenvalue weighted by Crippen LogP contribution is 2.24. The molecule has 1 saturated heterocycles. The van der Waals surface area contributed by atoms with E-state index in [0.717, 1.165) is 18.1 Å². The molecule has 2 rings (SSSR count). The molecule has 8 heteroatoms. The van der Waals surface area contributed by atoms with Crippen LogP contribution in [0.4, 0.5) is 0 Å². The van der Waals surface area contributed by atoms with Gasteiger partial charge < -0.3 is 0 Å². The Morgan fingerprint density at radius 3 is 2.27 bits per heavy atom. The molecule has 0 aliphatic carbocycles. The van der Waals surface area contributed by atoms with Crippen LogP contribution in [0.5, 0.6) is 0 Å². The first-order valence-corrected chi connectivity index (χ1v) is 10.8. The average molecular weight is 347 g/mol. The van der Waals surface area contributed by atoms with Gasteiger partial charge in [-0.1, -0.05) is 30.3 Å². The molecule has 1 fully saturated rings. The number of likely N-dealkylation sites (tertiary alicyclic amines) is 1. The maximum absolute atomic E-state index is 11.5. The quantitative estimate of drug-likeness (QED) is 0.698. The van der Waals surface area contributed by atoms with E-state index in [-0.39, 0.29) is 11.7 Å². The van der Waals surface area contributed by atoms with Crippen LogP contribution in [0.25, 0.3) is 0 Å². The van der Waals surface area contributed by atoms with Crippen LogP contribution in [-0.2, 0) is 30.7 Å². The first-order valence-electron chi connectivity index (χ1n) is 6.95. The fourth-order valence-corrected chi connectivity index (χ4v) is 4.55. The lowest BCUT2D eigenvalue weighted by Gasteiger charge is -2.16. The highest BCUT2D eigenvalue weighted by atomic mass is 32.2. The van der Waals surface area contributed by atoms with Crippen molar-refractivity contribution < 1.29 is 21.0 Å². The van der Waals surface area contributed by atoms with Crippen LogP contribution in [-0.4, -0.2) is 59.2 Å². The molecule has 1 aromatic carbocycles. The van der Waals surface area contributed by atoms with Crippen LogP contribution in [0.1, 0.15) is 5.56 Å². The van der Waals surface area contributed by atoms with Gasteiger partial charge in [0.15, 0.2) is 0 Å². The van der Waals surface area contributed by atoms with E-state index in [0.29, 0.717) is 19.6 Å². The van der Waals surface area contributed by atoms with Crippen LogP contribution in [0.2, 0.25) is 0 Å². The van der Waals surface area contributed by atoms with Crippen molar-refractivity contribution >= 4 is 20.0 Å². The molecule has 1 aromatic rings. The second-order valence-corrected chi connectivity index (χ2v) is 9.66. The van der Waals surface area contributed by atoms with Crippen LogP contribution in [0, 0.1) is 5.92 Å². The third-order valence-corrected chi connectivity index (χ3v) is 5.15. The Bertz CT molecular complexity index is 658. The second-order valence-electron chi connectivity index (χ2n) is 5.87. The minimum absolute atomic E-state index is 0.0710. The van der Waals surface area contributed by atoms with Gasteiger partial charge in [-0.15, -0.1) is 0 Å². The van der Waals surface area contributed by atoms with Crippen molar-refractivity contribution in [2.75, 3.05) is 31.4 Å². The van der Waals surface area contributed by atoms with Gasteiger partial charge in [0.2, 0.25) is 0 Å². The molecule has 2 unspecified atom stereocenters. The zero-order valence-corrected chi connectivity index (χ0v) is 14.3. The van der Waals surface area contributed by atoms with E-state index in [2.05, 4.69) is 0 Å². The molecule has 6 nitrogen and oxygen atoms in total. The van der Waals surface area contributed by atoms with Gasteiger partial charge in [-0.2, -0.15) is 8.42 Å².